The first-order valence-corrected chi connectivity index (χ1v) is 9.35. The van der Waals surface area contributed by atoms with Crippen molar-refractivity contribution in [1.29, 1.82) is 0 Å². The van der Waals surface area contributed by atoms with Gasteiger partial charge in [0.05, 0.1) is 11.9 Å². The van der Waals surface area contributed by atoms with Crippen molar-refractivity contribution in [2.45, 2.75) is 18.9 Å². The molecule has 0 bridgehead atoms. The number of rotatable bonds is 7. The van der Waals surface area contributed by atoms with Gasteiger partial charge in [-0.05, 0) is 24.3 Å². The van der Waals surface area contributed by atoms with Crippen LogP contribution in [0.4, 0.5) is 18.9 Å². The van der Waals surface area contributed by atoms with E-state index in [4.69, 9.17) is 4.74 Å². The number of amides is 1. The SMILES string of the molecule is CCC(=O)N(c1ccc(Oc2ncccn2)cc1C=NOC)S(=O)(=O)C(F)(F)F. The van der Waals surface area contributed by atoms with Crippen LogP contribution in [0.15, 0.2) is 41.8 Å². The van der Waals surface area contributed by atoms with E-state index >= 15 is 0 Å². The predicted molar refractivity (Wildman–Crippen MR) is 95.9 cm³/mol. The second kappa shape index (κ2) is 8.86. The minimum atomic E-state index is -6.01. The zero-order valence-corrected chi connectivity index (χ0v) is 15.9. The fourth-order valence-corrected chi connectivity index (χ4v) is 3.11. The Labute approximate surface area is 163 Å². The molecule has 2 rings (SSSR count). The summed E-state index contributed by atoms with van der Waals surface area (Å²) in [6, 6.07) is 4.79. The van der Waals surface area contributed by atoms with Crippen molar-refractivity contribution in [2.75, 3.05) is 11.4 Å². The third-order valence-electron chi connectivity index (χ3n) is 3.33. The third kappa shape index (κ3) is 4.99. The van der Waals surface area contributed by atoms with E-state index < -0.39 is 33.5 Å². The van der Waals surface area contributed by atoms with Crippen LogP contribution in [0, 0.1) is 0 Å². The molecular formula is C16H15F3N4O5S. The van der Waals surface area contributed by atoms with Crippen LogP contribution in [0.2, 0.25) is 0 Å². The maximum atomic E-state index is 13.1. The van der Waals surface area contributed by atoms with Crippen molar-refractivity contribution < 1.29 is 36.0 Å². The molecule has 0 N–H and O–H groups in total. The van der Waals surface area contributed by atoms with Crippen LogP contribution in [0.1, 0.15) is 18.9 Å². The second-order valence-electron chi connectivity index (χ2n) is 5.23. The van der Waals surface area contributed by atoms with Crippen molar-refractivity contribution in [2.24, 2.45) is 5.16 Å². The number of anilines is 1. The fourth-order valence-electron chi connectivity index (χ4n) is 2.08. The molecule has 0 aliphatic heterocycles. The molecule has 9 nitrogen and oxygen atoms in total. The van der Waals surface area contributed by atoms with Gasteiger partial charge in [-0.25, -0.2) is 9.97 Å². The zero-order valence-electron chi connectivity index (χ0n) is 15.1. The number of halogens is 3. The number of carbonyl (C=O) groups is 1. The standard InChI is InChI=1S/C16H15F3N4O5S/c1-3-14(24)23(29(25,26)16(17,18)19)13-6-5-12(9-11(13)10-22-27-2)28-15-20-7-4-8-21-15/h4-10H,3H2,1-2H3. The van der Waals surface area contributed by atoms with Gasteiger partial charge in [0.15, 0.2) is 0 Å². The van der Waals surface area contributed by atoms with E-state index in [0.717, 1.165) is 24.4 Å². The van der Waals surface area contributed by atoms with E-state index in [-0.39, 0.29) is 21.6 Å². The molecule has 1 heterocycles. The first kappa shape index (κ1) is 22.1. The van der Waals surface area contributed by atoms with E-state index in [0.29, 0.717) is 0 Å². The molecule has 0 fully saturated rings. The molecule has 13 heteroatoms. The van der Waals surface area contributed by atoms with E-state index in [1.807, 2.05) is 0 Å². The van der Waals surface area contributed by atoms with Gasteiger partial charge in [-0.3, -0.25) is 4.79 Å². The summed E-state index contributed by atoms with van der Waals surface area (Å²) in [6.07, 6.45) is 3.26. The molecule has 0 unspecified atom stereocenters. The minimum absolute atomic E-state index is 0.0562. The highest BCUT2D eigenvalue weighted by molar-refractivity contribution is 7.94. The Morgan fingerprint density at radius 2 is 1.93 bits per heavy atom. The number of carbonyl (C=O) groups excluding carboxylic acids is 1. The lowest BCUT2D eigenvalue weighted by Gasteiger charge is -2.24. The monoisotopic (exact) mass is 432 g/mol. The number of ether oxygens (including phenoxy) is 1. The van der Waals surface area contributed by atoms with E-state index in [1.165, 1.54) is 26.4 Å². The van der Waals surface area contributed by atoms with Crippen LogP contribution in [0.3, 0.4) is 0 Å². The van der Waals surface area contributed by atoms with Gasteiger partial charge in [0.1, 0.15) is 12.9 Å². The first-order chi connectivity index (χ1) is 13.6. The van der Waals surface area contributed by atoms with Crippen molar-refractivity contribution in [1.82, 2.24) is 9.97 Å². The highest BCUT2D eigenvalue weighted by Gasteiger charge is 2.52. The largest absolute Gasteiger partial charge is 0.517 e. The summed E-state index contributed by atoms with van der Waals surface area (Å²) in [5.74, 6) is -1.22. The average Bonchev–Trinajstić information content (AvgIpc) is 2.67. The molecule has 0 radical (unpaired) electrons. The third-order valence-corrected chi connectivity index (χ3v) is 4.79. The predicted octanol–water partition coefficient (Wildman–Crippen LogP) is 2.84. The number of nitrogens with zero attached hydrogens (tertiary/aromatic N) is 4. The summed E-state index contributed by atoms with van der Waals surface area (Å²) in [6.45, 7) is 1.23. The quantitative estimate of drug-likeness (QED) is 0.489. The van der Waals surface area contributed by atoms with Crippen LogP contribution < -0.4 is 9.04 Å². The first-order valence-electron chi connectivity index (χ1n) is 7.91. The Morgan fingerprint density at radius 3 is 2.48 bits per heavy atom. The summed E-state index contributed by atoms with van der Waals surface area (Å²) < 4.78 is 68.5. The summed E-state index contributed by atoms with van der Waals surface area (Å²) in [5, 5.41) is 3.44. The highest BCUT2D eigenvalue weighted by Crippen LogP contribution is 2.34. The van der Waals surface area contributed by atoms with Crippen LogP contribution in [-0.2, 0) is 19.7 Å². The van der Waals surface area contributed by atoms with Crippen LogP contribution in [-0.4, -0.2) is 43.1 Å². The Bertz CT molecular complexity index is 997. The number of alkyl halides is 3. The zero-order chi connectivity index (χ0) is 21.7. The molecule has 0 atom stereocenters. The number of oxime groups is 1. The van der Waals surface area contributed by atoms with Gasteiger partial charge in [-0.15, -0.1) is 0 Å². The summed E-state index contributed by atoms with van der Waals surface area (Å²) in [5.41, 5.74) is -6.45. The molecule has 0 saturated carbocycles. The van der Waals surface area contributed by atoms with Crippen molar-refractivity contribution in [3.8, 4) is 11.8 Å². The second-order valence-corrected chi connectivity index (χ2v) is 7.01. The maximum Gasteiger partial charge on any atom is 0.517 e. The Morgan fingerprint density at radius 1 is 1.28 bits per heavy atom. The molecule has 1 aromatic carbocycles. The molecule has 156 valence electrons. The highest BCUT2D eigenvalue weighted by atomic mass is 32.2. The number of hydrogen-bond acceptors (Lipinski definition) is 8. The van der Waals surface area contributed by atoms with E-state index in [9.17, 15) is 26.4 Å². The molecule has 2 aromatic rings. The number of benzene rings is 1. The molecule has 0 spiro atoms. The summed E-state index contributed by atoms with van der Waals surface area (Å²) >= 11 is 0. The number of hydrogen-bond donors (Lipinski definition) is 0. The minimum Gasteiger partial charge on any atom is -0.424 e. The van der Waals surface area contributed by atoms with Crippen molar-refractivity contribution in [3.63, 3.8) is 0 Å². The Hall–Kier alpha value is -3.22. The van der Waals surface area contributed by atoms with E-state index in [1.54, 1.807) is 6.07 Å². The normalized spacial score (nSPS) is 12.0. The number of sulfonamides is 1. The molecule has 1 aromatic heterocycles. The molecule has 0 saturated heterocycles. The summed E-state index contributed by atoms with van der Waals surface area (Å²) in [4.78, 5) is 24.3. The number of aromatic nitrogens is 2. The lowest BCUT2D eigenvalue weighted by atomic mass is 10.1. The molecule has 29 heavy (non-hydrogen) atoms. The topological polar surface area (TPSA) is 111 Å². The van der Waals surface area contributed by atoms with Gasteiger partial charge in [0.2, 0.25) is 5.91 Å². The maximum absolute atomic E-state index is 13.1. The molecule has 0 aliphatic rings. The fraction of sp³-hybridized carbons (Fsp3) is 0.250. The van der Waals surface area contributed by atoms with Gasteiger partial charge in [0, 0.05) is 24.4 Å². The average molecular weight is 432 g/mol. The smallest absolute Gasteiger partial charge is 0.424 e. The lowest BCUT2D eigenvalue weighted by Crippen LogP contribution is -2.44. The summed E-state index contributed by atoms with van der Waals surface area (Å²) in [7, 11) is -4.83. The molecular weight excluding hydrogens is 417 g/mol. The Kier molecular flexibility index (Phi) is 6.74. The van der Waals surface area contributed by atoms with Crippen molar-refractivity contribution in [3.05, 3.63) is 42.2 Å². The molecule has 1 amide bonds. The van der Waals surface area contributed by atoms with Crippen LogP contribution in [0.25, 0.3) is 0 Å². The van der Waals surface area contributed by atoms with Crippen LogP contribution in [0.5, 0.6) is 11.8 Å². The molecule has 0 aliphatic carbocycles. The van der Waals surface area contributed by atoms with Gasteiger partial charge in [-0.2, -0.15) is 25.9 Å². The van der Waals surface area contributed by atoms with E-state index in [2.05, 4.69) is 20.0 Å². The van der Waals surface area contributed by atoms with Gasteiger partial charge in [-0.1, -0.05) is 12.1 Å². The van der Waals surface area contributed by atoms with Gasteiger partial charge >= 0.3 is 21.5 Å². The van der Waals surface area contributed by atoms with Gasteiger partial charge in [0.25, 0.3) is 0 Å². The van der Waals surface area contributed by atoms with Gasteiger partial charge < -0.3 is 9.57 Å². The lowest BCUT2D eigenvalue weighted by molar-refractivity contribution is -0.117. The van der Waals surface area contributed by atoms with Crippen molar-refractivity contribution >= 4 is 27.8 Å². The van der Waals surface area contributed by atoms with Crippen LogP contribution >= 0.6 is 0 Å². The Balaban J connectivity index is 2.61.